The van der Waals surface area contributed by atoms with Gasteiger partial charge in [-0.05, 0) is 45.7 Å². The number of hydrogen-bond donors (Lipinski definition) is 1. The van der Waals surface area contributed by atoms with Crippen molar-refractivity contribution in [3.05, 3.63) is 16.6 Å². The zero-order valence-corrected chi connectivity index (χ0v) is 10.9. The Balaban J connectivity index is 1.89. The van der Waals surface area contributed by atoms with Crippen LogP contribution >= 0.6 is 11.3 Å². The van der Waals surface area contributed by atoms with E-state index in [2.05, 4.69) is 23.7 Å². The van der Waals surface area contributed by atoms with Gasteiger partial charge in [-0.3, -0.25) is 0 Å². The molecular weight excluding hydrogens is 218 g/mol. The molecule has 4 heteroatoms. The van der Waals surface area contributed by atoms with Crippen LogP contribution in [0.1, 0.15) is 37.7 Å². The smallest absolute Gasteiger partial charge is 0.110 e. The van der Waals surface area contributed by atoms with E-state index < -0.39 is 0 Å². The lowest BCUT2D eigenvalue weighted by atomic mass is 9.89. The maximum Gasteiger partial charge on any atom is 0.110 e. The summed E-state index contributed by atoms with van der Waals surface area (Å²) in [4.78, 5) is 6.86. The van der Waals surface area contributed by atoms with E-state index in [0.29, 0.717) is 12.0 Å². The summed E-state index contributed by atoms with van der Waals surface area (Å²) in [7, 11) is 0. The average molecular weight is 239 g/mol. The van der Waals surface area contributed by atoms with Gasteiger partial charge in [0.2, 0.25) is 0 Å². The van der Waals surface area contributed by atoms with E-state index in [-0.39, 0.29) is 6.04 Å². The predicted octanol–water partition coefficient (Wildman–Crippen LogP) is 2.26. The Hall–Kier alpha value is -0.450. The van der Waals surface area contributed by atoms with Crippen molar-refractivity contribution in [3.8, 4) is 0 Å². The first kappa shape index (κ1) is 12.0. The number of piperidine rings is 1. The number of likely N-dealkylation sites (tertiary alicyclic amines) is 1. The minimum Gasteiger partial charge on any atom is -0.322 e. The van der Waals surface area contributed by atoms with Gasteiger partial charge in [0.25, 0.3) is 0 Å². The first-order chi connectivity index (χ1) is 7.68. The molecule has 3 nitrogen and oxygen atoms in total. The van der Waals surface area contributed by atoms with Crippen LogP contribution in [0.2, 0.25) is 0 Å². The third kappa shape index (κ3) is 2.62. The normalized spacial score (nSPS) is 21.5. The number of hydrogen-bond acceptors (Lipinski definition) is 4. The van der Waals surface area contributed by atoms with Gasteiger partial charge in [0.15, 0.2) is 0 Å². The van der Waals surface area contributed by atoms with E-state index in [9.17, 15) is 0 Å². The van der Waals surface area contributed by atoms with E-state index in [1.54, 1.807) is 11.3 Å². The van der Waals surface area contributed by atoms with Gasteiger partial charge in [0, 0.05) is 17.6 Å². The summed E-state index contributed by atoms with van der Waals surface area (Å²) in [6, 6.07) is 0.811. The Labute approximate surface area is 102 Å². The fraction of sp³-hybridized carbons (Fsp3) is 0.750. The summed E-state index contributed by atoms with van der Waals surface area (Å²) in [6.07, 6.45) is 4.26. The first-order valence-electron chi connectivity index (χ1n) is 6.07. The van der Waals surface area contributed by atoms with Gasteiger partial charge in [-0.2, -0.15) is 0 Å². The summed E-state index contributed by atoms with van der Waals surface area (Å²) in [6.45, 7) is 6.89. The molecule has 1 aliphatic heterocycles. The Kier molecular flexibility index (Phi) is 3.95. The van der Waals surface area contributed by atoms with Gasteiger partial charge in [-0.25, -0.2) is 4.98 Å². The second kappa shape index (κ2) is 5.25. The zero-order chi connectivity index (χ0) is 11.5. The number of aromatic nitrogens is 1. The molecule has 0 saturated carbocycles. The first-order valence-corrected chi connectivity index (χ1v) is 6.95. The maximum atomic E-state index is 6.27. The van der Waals surface area contributed by atoms with Crippen molar-refractivity contribution in [2.45, 2.75) is 38.8 Å². The SMILES string of the molecule is CC(C)N1CCC(C(N)c2nccs2)CC1. The van der Waals surface area contributed by atoms with Crippen LogP contribution in [-0.4, -0.2) is 29.0 Å². The Morgan fingerprint density at radius 3 is 2.62 bits per heavy atom. The molecule has 90 valence electrons. The second-order valence-corrected chi connectivity index (χ2v) is 5.79. The summed E-state index contributed by atoms with van der Waals surface area (Å²) >= 11 is 1.68. The summed E-state index contributed by atoms with van der Waals surface area (Å²) in [5.41, 5.74) is 6.27. The lowest BCUT2D eigenvalue weighted by Crippen LogP contribution is -2.40. The van der Waals surface area contributed by atoms with E-state index in [0.717, 1.165) is 5.01 Å². The van der Waals surface area contributed by atoms with Crippen LogP contribution in [0.5, 0.6) is 0 Å². The highest BCUT2D eigenvalue weighted by atomic mass is 32.1. The third-order valence-corrected chi connectivity index (χ3v) is 4.43. The van der Waals surface area contributed by atoms with Gasteiger partial charge >= 0.3 is 0 Å². The quantitative estimate of drug-likeness (QED) is 0.880. The van der Waals surface area contributed by atoms with Crippen molar-refractivity contribution in [3.63, 3.8) is 0 Å². The van der Waals surface area contributed by atoms with Crippen LogP contribution in [-0.2, 0) is 0 Å². The largest absolute Gasteiger partial charge is 0.322 e. The fourth-order valence-electron chi connectivity index (χ4n) is 2.40. The highest BCUT2D eigenvalue weighted by Gasteiger charge is 2.27. The lowest BCUT2D eigenvalue weighted by Gasteiger charge is -2.36. The van der Waals surface area contributed by atoms with Gasteiger partial charge < -0.3 is 10.6 Å². The molecule has 1 aromatic rings. The summed E-state index contributed by atoms with van der Waals surface area (Å²) < 4.78 is 0. The van der Waals surface area contributed by atoms with E-state index in [1.165, 1.54) is 25.9 Å². The van der Waals surface area contributed by atoms with Crippen molar-refractivity contribution in [1.82, 2.24) is 9.88 Å². The topological polar surface area (TPSA) is 42.1 Å². The molecule has 1 fully saturated rings. The van der Waals surface area contributed by atoms with Crippen LogP contribution in [0.4, 0.5) is 0 Å². The van der Waals surface area contributed by atoms with Crippen LogP contribution in [0.15, 0.2) is 11.6 Å². The monoisotopic (exact) mass is 239 g/mol. The van der Waals surface area contributed by atoms with Crippen molar-refractivity contribution in [1.29, 1.82) is 0 Å². The van der Waals surface area contributed by atoms with E-state index >= 15 is 0 Å². The molecule has 2 rings (SSSR count). The van der Waals surface area contributed by atoms with Crippen LogP contribution in [0.25, 0.3) is 0 Å². The molecule has 1 aliphatic rings. The summed E-state index contributed by atoms with van der Waals surface area (Å²) in [5, 5.41) is 3.11. The number of nitrogens with two attached hydrogens (primary N) is 1. The minimum absolute atomic E-state index is 0.148. The molecule has 1 unspecified atom stereocenters. The summed E-state index contributed by atoms with van der Waals surface area (Å²) in [5.74, 6) is 0.612. The van der Waals surface area contributed by atoms with Crippen molar-refractivity contribution in [2.24, 2.45) is 11.7 Å². The Morgan fingerprint density at radius 1 is 1.44 bits per heavy atom. The van der Waals surface area contributed by atoms with Gasteiger partial charge in [0.1, 0.15) is 5.01 Å². The van der Waals surface area contributed by atoms with Crippen molar-refractivity contribution in [2.75, 3.05) is 13.1 Å². The predicted molar refractivity (Wildman–Crippen MR) is 68.5 cm³/mol. The van der Waals surface area contributed by atoms with Gasteiger partial charge in [-0.15, -0.1) is 11.3 Å². The van der Waals surface area contributed by atoms with Crippen molar-refractivity contribution < 1.29 is 0 Å². The average Bonchev–Trinajstić information content (AvgIpc) is 2.81. The maximum absolute atomic E-state index is 6.27. The van der Waals surface area contributed by atoms with Crippen LogP contribution < -0.4 is 5.73 Å². The third-order valence-electron chi connectivity index (χ3n) is 3.55. The second-order valence-electron chi connectivity index (χ2n) is 4.86. The molecule has 1 aromatic heterocycles. The molecule has 0 bridgehead atoms. The number of nitrogens with zero attached hydrogens (tertiary/aromatic N) is 2. The molecule has 1 saturated heterocycles. The van der Waals surface area contributed by atoms with E-state index in [1.807, 2.05) is 11.6 Å². The van der Waals surface area contributed by atoms with Crippen molar-refractivity contribution >= 4 is 11.3 Å². The molecule has 0 spiro atoms. The molecule has 2 heterocycles. The minimum atomic E-state index is 0.148. The van der Waals surface area contributed by atoms with Gasteiger partial charge in [0.05, 0.1) is 6.04 Å². The molecule has 16 heavy (non-hydrogen) atoms. The molecule has 2 N–H and O–H groups in total. The van der Waals surface area contributed by atoms with Gasteiger partial charge in [-0.1, -0.05) is 0 Å². The molecule has 0 radical (unpaired) electrons. The Morgan fingerprint density at radius 2 is 2.12 bits per heavy atom. The molecule has 0 amide bonds. The molecule has 0 aromatic carbocycles. The number of rotatable bonds is 3. The highest BCUT2D eigenvalue weighted by Crippen LogP contribution is 2.30. The number of thiazole rings is 1. The lowest BCUT2D eigenvalue weighted by molar-refractivity contribution is 0.138. The zero-order valence-electron chi connectivity index (χ0n) is 10.1. The molecule has 0 aliphatic carbocycles. The fourth-order valence-corrected chi connectivity index (χ4v) is 3.13. The van der Waals surface area contributed by atoms with E-state index in [4.69, 9.17) is 5.73 Å². The molecule has 1 atom stereocenters. The Bertz CT molecular complexity index is 302. The standard InChI is InChI=1S/C12H21N3S/c1-9(2)15-6-3-10(4-7-15)11(13)12-14-5-8-16-12/h5,8-11H,3-4,6-7,13H2,1-2H3. The van der Waals surface area contributed by atoms with Crippen LogP contribution in [0, 0.1) is 5.92 Å². The molecular formula is C12H21N3S. The highest BCUT2D eigenvalue weighted by molar-refractivity contribution is 7.09. The van der Waals surface area contributed by atoms with Crippen LogP contribution in [0.3, 0.4) is 0 Å².